The minimum absolute atomic E-state index is 0.00672. The average molecular weight is 383 g/mol. The van der Waals surface area contributed by atoms with Gasteiger partial charge in [0, 0.05) is 37.3 Å². The number of hydrogen-bond acceptors (Lipinski definition) is 6. The molecule has 0 aromatic carbocycles. The molecular formula is C20H25N5O3. The number of esters is 1. The molecule has 2 aromatic rings. The molecule has 3 atom stereocenters. The fraction of sp³-hybridized carbons (Fsp3) is 0.500. The molecule has 1 N–H and O–H groups in total. The van der Waals surface area contributed by atoms with Crippen molar-refractivity contribution < 1.29 is 14.3 Å². The molecule has 0 bridgehead atoms. The predicted molar refractivity (Wildman–Crippen MR) is 102 cm³/mol. The molecule has 0 saturated heterocycles. The van der Waals surface area contributed by atoms with Gasteiger partial charge >= 0.3 is 5.97 Å². The first kappa shape index (κ1) is 18.6. The van der Waals surface area contributed by atoms with Crippen molar-refractivity contribution in [3.8, 4) is 0 Å². The molecule has 28 heavy (non-hydrogen) atoms. The molecule has 2 aromatic heterocycles. The molecule has 0 radical (unpaired) electrons. The van der Waals surface area contributed by atoms with Crippen molar-refractivity contribution in [3.05, 3.63) is 46.5 Å². The van der Waals surface area contributed by atoms with Crippen molar-refractivity contribution >= 4 is 11.9 Å². The van der Waals surface area contributed by atoms with Crippen molar-refractivity contribution in [2.75, 3.05) is 13.7 Å². The minimum Gasteiger partial charge on any atom is -0.464 e. The van der Waals surface area contributed by atoms with E-state index in [9.17, 15) is 9.59 Å². The van der Waals surface area contributed by atoms with Gasteiger partial charge in [-0.2, -0.15) is 5.10 Å². The maximum Gasteiger partial charge on any atom is 0.356 e. The zero-order valence-electron chi connectivity index (χ0n) is 16.6. The summed E-state index contributed by atoms with van der Waals surface area (Å²) >= 11 is 0. The number of nitrogens with zero attached hydrogens (tertiary/aromatic N) is 4. The number of methoxy groups -OCH3 is 1. The lowest BCUT2D eigenvalue weighted by Crippen LogP contribution is -2.44. The lowest BCUT2D eigenvalue weighted by molar-refractivity contribution is 0.0575. The van der Waals surface area contributed by atoms with Gasteiger partial charge < -0.3 is 15.0 Å². The normalized spacial score (nSPS) is 22.4. The number of amides is 1. The van der Waals surface area contributed by atoms with Crippen LogP contribution in [0.3, 0.4) is 0 Å². The number of aromatic nitrogens is 3. The van der Waals surface area contributed by atoms with Crippen molar-refractivity contribution in [1.29, 1.82) is 0 Å². The molecule has 4 heterocycles. The van der Waals surface area contributed by atoms with Crippen LogP contribution in [0.1, 0.15) is 70.7 Å². The summed E-state index contributed by atoms with van der Waals surface area (Å²) in [7, 11) is 1.33. The number of nitrogens with one attached hydrogen (secondary N) is 1. The highest BCUT2D eigenvalue weighted by Crippen LogP contribution is 2.32. The second kappa shape index (κ2) is 7.01. The van der Waals surface area contributed by atoms with Crippen LogP contribution in [-0.2, 0) is 17.7 Å². The van der Waals surface area contributed by atoms with E-state index in [1.54, 1.807) is 12.3 Å². The Hall–Kier alpha value is -2.74. The van der Waals surface area contributed by atoms with E-state index in [2.05, 4.69) is 24.1 Å². The first-order valence-electron chi connectivity index (χ1n) is 9.59. The Morgan fingerprint density at radius 1 is 1.36 bits per heavy atom. The molecule has 2 aliphatic heterocycles. The van der Waals surface area contributed by atoms with Crippen LogP contribution in [0, 0.1) is 0 Å². The third-order valence-corrected chi connectivity index (χ3v) is 5.69. The van der Waals surface area contributed by atoms with Crippen LogP contribution in [-0.4, -0.2) is 51.2 Å². The predicted octanol–water partition coefficient (Wildman–Crippen LogP) is 1.88. The maximum absolute atomic E-state index is 13.4. The van der Waals surface area contributed by atoms with Crippen molar-refractivity contribution in [2.45, 2.75) is 51.9 Å². The van der Waals surface area contributed by atoms with Crippen LogP contribution in [0.15, 0.2) is 18.3 Å². The highest BCUT2D eigenvalue weighted by molar-refractivity contribution is 5.95. The molecule has 148 valence electrons. The standard InChI is InChI=1S/C20H25N5O3/c1-11-7-17-15(9-21-11)18-19(26)24(10-12(2)25(18)23-17)13(3)14-5-6-16(22-8-14)20(27)28-4/h5-6,8,11-13,21H,7,9-10H2,1-4H3/t11-,12-,13?/m1/s1. The zero-order valence-corrected chi connectivity index (χ0v) is 16.6. The van der Waals surface area contributed by atoms with Crippen LogP contribution in [0.25, 0.3) is 0 Å². The topological polar surface area (TPSA) is 89.4 Å². The largest absolute Gasteiger partial charge is 0.464 e. The number of carbonyl (C=O) groups is 2. The van der Waals surface area contributed by atoms with Gasteiger partial charge in [-0.15, -0.1) is 0 Å². The molecule has 0 spiro atoms. The van der Waals surface area contributed by atoms with E-state index in [0.29, 0.717) is 24.8 Å². The Labute approximate surface area is 163 Å². The molecule has 1 amide bonds. The van der Waals surface area contributed by atoms with Crippen LogP contribution in [0.2, 0.25) is 0 Å². The van der Waals surface area contributed by atoms with E-state index < -0.39 is 5.97 Å². The monoisotopic (exact) mass is 383 g/mol. The van der Waals surface area contributed by atoms with Gasteiger partial charge in [-0.25, -0.2) is 9.78 Å². The summed E-state index contributed by atoms with van der Waals surface area (Å²) in [4.78, 5) is 31.0. The number of pyridine rings is 1. The lowest BCUT2D eigenvalue weighted by atomic mass is 9.99. The molecule has 0 fully saturated rings. The van der Waals surface area contributed by atoms with Gasteiger partial charge in [-0.1, -0.05) is 6.07 Å². The van der Waals surface area contributed by atoms with E-state index in [1.165, 1.54) is 7.11 Å². The van der Waals surface area contributed by atoms with Gasteiger partial charge in [0.25, 0.3) is 5.91 Å². The molecular weight excluding hydrogens is 358 g/mol. The molecule has 4 rings (SSSR count). The van der Waals surface area contributed by atoms with Crippen LogP contribution < -0.4 is 5.32 Å². The number of carbonyl (C=O) groups excluding carboxylic acids is 2. The fourth-order valence-electron chi connectivity index (χ4n) is 4.02. The van der Waals surface area contributed by atoms with Gasteiger partial charge in [0.15, 0.2) is 0 Å². The molecule has 8 nitrogen and oxygen atoms in total. The van der Waals surface area contributed by atoms with E-state index in [1.807, 2.05) is 22.6 Å². The van der Waals surface area contributed by atoms with Crippen molar-refractivity contribution in [2.24, 2.45) is 0 Å². The van der Waals surface area contributed by atoms with Gasteiger partial charge in [-0.3, -0.25) is 9.48 Å². The summed E-state index contributed by atoms with van der Waals surface area (Å²) in [5.74, 6) is -0.480. The van der Waals surface area contributed by atoms with E-state index in [0.717, 1.165) is 23.2 Å². The third kappa shape index (κ3) is 2.97. The summed E-state index contributed by atoms with van der Waals surface area (Å²) in [6, 6.07) is 3.76. The molecule has 0 saturated carbocycles. The van der Waals surface area contributed by atoms with Crippen molar-refractivity contribution in [1.82, 2.24) is 25.0 Å². The number of hydrogen-bond donors (Lipinski definition) is 1. The minimum atomic E-state index is -0.473. The summed E-state index contributed by atoms with van der Waals surface area (Å²) < 4.78 is 6.59. The Morgan fingerprint density at radius 3 is 2.82 bits per heavy atom. The number of ether oxygens (including phenoxy) is 1. The first-order valence-corrected chi connectivity index (χ1v) is 9.59. The van der Waals surface area contributed by atoms with Gasteiger partial charge in [0.05, 0.1) is 24.9 Å². The average Bonchev–Trinajstić information content (AvgIpc) is 3.09. The van der Waals surface area contributed by atoms with Gasteiger partial charge in [0.2, 0.25) is 0 Å². The van der Waals surface area contributed by atoms with Crippen LogP contribution in [0.4, 0.5) is 0 Å². The smallest absolute Gasteiger partial charge is 0.356 e. The van der Waals surface area contributed by atoms with E-state index >= 15 is 0 Å². The molecule has 8 heteroatoms. The second-order valence-corrected chi connectivity index (χ2v) is 7.66. The Bertz CT molecular complexity index is 921. The number of rotatable bonds is 3. The van der Waals surface area contributed by atoms with Crippen molar-refractivity contribution in [3.63, 3.8) is 0 Å². The lowest BCUT2D eigenvalue weighted by Gasteiger charge is -2.36. The van der Waals surface area contributed by atoms with Gasteiger partial charge in [-0.05, 0) is 32.4 Å². The third-order valence-electron chi connectivity index (χ3n) is 5.69. The summed E-state index contributed by atoms with van der Waals surface area (Å²) in [6.45, 7) is 7.45. The highest BCUT2D eigenvalue weighted by atomic mass is 16.5. The number of fused-ring (bicyclic) bond motifs is 3. The first-order chi connectivity index (χ1) is 13.4. The molecule has 2 aliphatic rings. The van der Waals surface area contributed by atoms with Gasteiger partial charge in [0.1, 0.15) is 11.4 Å². The maximum atomic E-state index is 13.4. The zero-order chi connectivity index (χ0) is 20.0. The SMILES string of the molecule is COC(=O)c1ccc(C(C)N2C[C@@H](C)n3nc4c(c3C2=O)CN[C@H](C)C4)cn1. The van der Waals surface area contributed by atoms with E-state index in [-0.39, 0.29) is 23.7 Å². The molecule has 1 unspecified atom stereocenters. The summed E-state index contributed by atoms with van der Waals surface area (Å²) in [6.07, 6.45) is 2.48. The molecule has 0 aliphatic carbocycles. The summed E-state index contributed by atoms with van der Waals surface area (Å²) in [5.41, 5.74) is 3.87. The second-order valence-electron chi connectivity index (χ2n) is 7.66. The summed E-state index contributed by atoms with van der Waals surface area (Å²) in [5, 5.41) is 8.18. The highest BCUT2D eigenvalue weighted by Gasteiger charge is 2.38. The van der Waals surface area contributed by atoms with Crippen LogP contribution in [0.5, 0.6) is 0 Å². The fourth-order valence-corrected chi connectivity index (χ4v) is 4.02. The quantitative estimate of drug-likeness (QED) is 0.814. The Balaban J connectivity index is 1.63. The Morgan fingerprint density at radius 2 is 2.14 bits per heavy atom. The van der Waals surface area contributed by atoms with Crippen LogP contribution >= 0.6 is 0 Å². The Kier molecular flexibility index (Phi) is 4.66. The van der Waals surface area contributed by atoms with E-state index in [4.69, 9.17) is 9.84 Å².